The van der Waals surface area contributed by atoms with E-state index >= 15 is 0 Å². The van der Waals surface area contributed by atoms with Crippen molar-refractivity contribution in [3.8, 4) is 5.75 Å². The minimum absolute atomic E-state index is 0.302. The molecule has 2 amide bonds. The zero-order valence-corrected chi connectivity index (χ0v) is 18.6. The van der Waals surface area contributed by atoms with Crippen molar-refractivity contribution in [3.63, 3.8) is 0 Å². The Morgan fingerprint density at radius 1 is 1.07 bits per heavy atom. The minimum atomic E-state index is -0.647. The number of hydrazone groups is 1. The zero-order chi connectivity index (χ0) is 21.7. The molecule has 1 saturated carbocycles. The fourth-order valence-corrected chi connectivity index (χ4v) is 4.29. The molecule has 1 heterocycles. The van der Waals surface area contributed by atoms with Crippen LogP contribution in [0.5, 0.6) is 5.75 Å². The normalized spacial score (nSPS) is 20.0. The second kappa shape index (κ2) is 9.49. The summed E-state index contributed by atoms with van der Waals surface area (Å²) < 4.78 is 5.42. The van der Waals surface area contributed by atoms with Gasteiger partial charge in [-0.25, -0.2) is 5.43 Å². The van der Waals surface area contributed by atoms with E-state index in [4.69, 9.17) is 4.74 Å². The number of nitrogens with one attached hydrogen (secondary N) is 1. The number of piperazine rings is 1. The first-order valence-electron chi connectivity index (χ1n) is 10.8. The molecule has 1 aromatic carbocycles. The van der Waals surface area contributed by atoms with E-state index in [0.717, 1.165) is 42.8 Å². The summed E-state index contributed by atoms with van der Waals surface area (Å²) in [6, 6.07) is 7.84. The van der Waals surface area contributed by atoms with E-state index < -0.39 is 11.8 Å². The summed E-state index contributed by atoms with van der Waals surface area (Å²) in [5.41, 5.74) is 4.78. The van der Waals surface area contributed by atoms with Crippen molar-refractivity contribution in [3.05, 3.63) is 24.3 Å². The van der Waals surface area contributed by atoms with E-state index in [1.54, 1.807) is 12.0 Å². The van der Waals surface area contributed by atoms with Crippen LogP contribution in [-0.4, -0.2) is 55.7 Å². The third-order valence-corrected chi connectivity index (χ3v) is 6.29. The molecule has 1 aliphatic carbocycles. The van der Waals surface area contributed by atoms with Gasteiger partial charge in [-0.2, -0.15) is 5.10 Å². The van der Waals surface area contributed by atoms with E-state index in [1.165, 1.54) is 0 Å². The molecule has 0 aromatic heterocycles. The Bertz CT molecular complexity index is 782. The molecule has 7 nitrogen and oxygen atoms in total. The number of carbonyl (C=O) groups is 2. The molecular weight excluding hydrogens is 380 g/mol. The van der Waals surface area contributed by atoms with E-state index in [9.17, 15) is 9.59 Å². The van der Waals surface area contributed by atoms with Crippen LogP contribution in [0.3, 0.4) is 0 Å². The minimum Gasteiger partial charge on any atom is -0.495 e. The lowest BCUT2D eigenvalue weighted by molar-refractivity contribution is -0.146. The fraction of sp³-hybridized carbons (Fsp3) is 0.609. The zero-order valence-electron chi connectivity index (χ0n) is 18.6. The summed E-state index contributed by atoms with van der Waals surface area (Å²) in [6.07, 6.45) is 3.93. The van der Waals surface area contributed by atoms with Gasteiger partial charge in [0, 0.05) is 31.9 Å². The second-order valence-corrected chi connectivity index (χ2v) is 9.21. The Balaban J connectivity index is 1.48. The number of ether oxygens (including phenoxy) is 1. The van der Waals surface area contributed by atoms with Gasteiger partial charge in [-0.1, -0.05) is 32.9 Å². The summed E-state index contributed by atoms with van der Waals surface area (Å²) >= 11 is 0. The average molecular weight is 415 g/mol. The highest BCUT2D eigenvalue weighted by atomic mass is 16.5. The number of nitrogens with zero attached hydrogens (tertiary/aromatic N) is 3. The van der Waals surface area contributed by atoms with Crippen molar-refractivity contribution >= 4 is 23.2 Å². The van der Waals surface area contributed by atoms with Gasteiger partial charge < -0.3 is 14.5 Å². The number of benzene rings is 1. The molecular formula is C23H34N4O3. The van der Waals surface area contributed by atoms with Crippen LogP contribution in [-0.2, 0) is 9.59 Å². The van der Waals surface area contributed by atoms with Crippen LogP contribution in [0, 0.1) is 11.3 Å². The van der Waals surface area contributed by atoms with Crippen molar-refractivity contribution in [2.24, 2.45) is 16.4 Å². The Hall–Kier alpha value is -2.57. The molecule has 164 valence electrons. The maximum Gasteiger partial charge on any atom is 0.329 e. The molecule has 1 aliphatic heterocycles. The van der Waals surface area contributed by atoms with Crippen LogP contribution >= 0.6 is 0 Å². The number of anilines is 1. The van der Waals surface area contributed by atoms with Crippen LogP contribution in [0.25, 0.3) is 0 Å². The summed E-state index contributed by atoms with van der Waals surface area (Å²) in [5.74, 6) is 0.328. The monoisotopic (exact) mass is 414 g/mol. The molecule has 2 aliphatic rings. The van der Waals surface area contributed by atoms with Crippen LogP contribution < -0.4 is 15.1 Å². The predicted octanol–water partition coefficient (Wildman–Crippen LogP) is 3.05. The van der Waals surface area contributed by atoms with Crippen molar-refractivity contribution in [2.45, 2.75) is 46.5 Å². The van der Waals surface area contributed by atoms with E-state index in [0.29, 0.717) is 37.5 Å². The van der Waals surface area contributed by atoms with Gasteiger partial charge in [0.2, 0.25) is 0 Å². The summed E-state index contributed by atoms with van der Waals surface area (Å²) in [6.45, 7) is 9.11. The first-order valence-corrected chi connectivity index (χ1v) is 10.8. The molecule has 7 heteroatoms. The standard InChI is InChI=1S/C23H34N4O3/c1-23(2,3)17-9-11-18(12-10-17)24-25-21(28)22(29)27-15-13-26(14-16-27)19-7-5-6-8-20(19)30-4/h5-8,17H,9-16H2,1-4H3,(H,25,28). The van der Waals surface area contributed by atoms with E-state index in [1.807, 2.05) is 24.3 Å². The van der Waals surface area contributed by atoms with Gasteiger partial charge in [-0.05, 0) is 49.1 Å². The molecule has 0 bridgehead atoms. The molecule has 3 rings (SSSR count). The molecule has 30 heavy (non-hydrogen) atoms. The SMILES string of the molecule is COc1ccccc1N1CCN(C(=O)C(=O)NN=C2CCC(C(C)(C)C)CC2)CC1. The molecule has 2 fully saturated rings. The highest BCUT2D eigenvalue weighted by molar-refractivity contribution is 6.35. The predicted molar refractivity (Wildman–Crippen MR) is 119 cm³/mol. The summed E-state index contributed by atoms with van der Waals surface area (Å²) in [5, 5.41) is 4.24. The lowest BCUT2D eigenvalue weighted by Gasteiger charge is -2.36. The van der Waals surface area contributed by atoms with Crippen LogP contribution in [0.2, 0.25) is 0 Å². The van der Waals surface area contributed by atoms with Crippen molar-refractivity contribution in [1.82, 2.24) is 10.3 Å². The van der Waals surface area contributed by atoms with Gasteiger partial charge in [-0.15, -0.1) is 0 Å². The number of carbonyl (C=O) groups excluding carboxylic acids is 2. The molecule has 0 radical (unpaired) electrons. The van der Waals surface area contributed by atoms with E-state index in [2.05, 4.69) is 36.2 Å². The molecule has 1 N–H and O–H groups in total. The summed E-state index contributed by atoms with van der Waals surface area (Å²) in [4.78, 5) is 28.6. The highest BCUT2D eigenvalue weighted by Gasteiger charge is 2.29. The molecule has 0 spiro atoms. The Morgan fingerprint density at radius 2 is 1.70 bits per heavy atom. The number of para-hydroxylation sites is 2. The molecule has 1 saturated heterocycles. The van der Waals surface area contributed by atoms with Gasteiger partial charge in [0.05, 0.1) is 12.8 Å². The quantitative estimate of drug-likeness (QED) is 0.609. The highest BCUT2D eigenvalue weighted by Crippen LogP contribution is 2.36. The number of methoxy groups -OCH3 is 1. The van der Waals surface area contributed by atoms with Crippen LogP contribution in [0.15, 0.2) is 29.4 Å². The summed E-state index contributed by atoms with van der Waals surface area (Å²) in [7, 11) is 1.65. The molecule has 0 atom stereocenters. The van der Waals surface area contributed by atoms with Crippen LogP contribution in [0.1, 0.15) is 46.5 Å². The Labute approximate surface area is 179 Å². The van der Waals surface area contributed by atoms with Gasteiger partial charge in [-0.3, -0.25) is 9.59 Å². The largest absolute Gasteiger partial charge is 0.495 e. The van der Waals surface area contributed by atoms with Crippen LogP contribution in [0.4, 0.5) is 5.69 Å². The third-order valence-electron chi connectivity index (χ3n) is 6.29. The van der Waals surface area contributed by atoms with E-state index in [-0.39, 0.29) is 0 Å². The van der Waals surface area contributed by atoms with Crippen molar-refractivity contribution in [2.75, 3.05) is 38.2 Å². The first-order chi connectivity index (χ1) is 14.3. The molecule has 0 unspecified atom stereocenters. The third kappa shape index (κ3) is 5.32. The number of hydrogen-bond acceptors (Lipinski definition) is 5. The molecule has 1 aromatic rings. The van der Waals surface area contributed by atoms with Gasteiger partial charge in [0.25, 0.3) is 0 Å². The topological polar surface area (TPSA) is 74.2 Å². The van der Waals surface area contributed by atoms with Gasteiger partial charge in [0.1, 0.15) is 5.75 Å². The van der Waals surface area contributed by atoms with Gasteiger partial charge in [0.15, 0.2) is 0 Å². The lowest BCUT2D eigenvalue weighted by Crippen LogP contribution is -2.52. The van der Waals surface area contributed by atoms with Crippen molar-refractivity contribution in [1.29, 1.82) is 0 Å². The average Bonchev–Trinajstić information content (AvgIpc) is 2.76. The number of hydrogen-bond donors (Lipinski definition) is 1. The maximum absolute atomic E-state index is 12.5. The maximum atomic E-state index is 12.5. The Morgan fingerprint density at radius 3 is 2.30 bits per heavy atom. The number of amides is 2. The fourth-order valence-electron chi connectivity index (χ4n) is 4.29. The first kappa shape index (κ1) is 22.1. The van der Waals surface area contributed by atoms with Gasteiger partial charge >= 0.3 is 11.8 Å². The smallest absolute Gasteiger partial charge is 0.329 e. The lowest BCUT2D eigenvalue weighted by atomic mass is 9.72. The number of rotatable bonds is 3. The second-order valence-electron chi connectivity index (χ2n) is 9.21. The van der Waals surface area contributed by atoms with Crippen molar-refractivity contribution < 1.29 is 14.3 Å². The Kier molecular flexibility index (Phi) is 7.00.